The van der Waals surface area contributed by atoms with Crippen LogP contribution in [0.2, 0.25) is 0 Å². The first-order chi connectivity index (χ1) is 15.5. The number of aryl methyl sites for hydroxylation is 1. The van der Waals surface area contributed by atoms with Gasteiger partial charge in [0, 0.05) is 55.4 Å². The van der Waals surface area contributed by atoms with Crippen molar-refractivity contribution in [3.8, 4) is 0 Å². The third-order valence-corrected chi connectivity index (χ3v) is 6.09. The van der Waals surface area contributed by atoms with Crippen molar-refractivity contribution in [3.05, 3.63) is 47.7 Å². The van der Waals surface area contributed by atoms with E-state index in [1.165, 1.54) is 6.42 Å². The quantitative estimate of drug-likeness (QED) is 0.505. The van der Waals surface area contributed by atoms with E-state index in [1.54, 1.807) is 0 Å². The van der Waals surface area contributed by atoms with Gasteiger partial charge in [-0.25, -0.2) is 0 Å². The highest BCUT2D eigenvalue weighted by Crippen LogP contribution is 2.19. The molecule has 4 rings (SSSR count). The van der Waals surface area contributed by atoms with Crippen molar-refractivity contribution in [1.29, 1.82) is 0 Å². The molecule has 0 spiro atoms. The summed E-state index contributed by atoms with van der Waals surface area (Å²) in [4.78, 5) is 28.7. The number of aromatic amines is 1. The molecule has 0 bridgehead atoms. The Morgan fingerprint density at radius 3 is 2.81 bits per heavy atom. The molecular weight excluding hydrogens is 404 g/mol. The number of nitrogens with one attached hydrogen (secondary N) is 3. The standard InChI is InChI=1S/C24H32N6O2/c1-16(2)23(31)27-20(14-17-15-26-19-9-6-5-8-18(17)19)24(32)25-12-11-22-29-28-21-10-4-3-7-13-30(21)22/h5-6,8-9,15-16,20,26H,3-4,7,10-14H2,1-2H3,(H,25,32)(H,27,31). The van der Waals surface area contributed by atoms with E-state index in [0.717, 1.165) is 53.9 Å². The van der Waals surface area contributed by atoms with E-state index in [9.17, 15) is 9.59 Å². The second-order valence-electron chi connectivity index (χ2n) is 8.82. The minimum atomic E-state index is -0.639. The van der Waals surface area contributed by atoms with Gasteiger partial charge >= 0.3 is 0 Å². The number of aromatic nitrogens is 4. The van der Waals surface area contributed by atoms with Gasteiger partial charge in [-0.1, -0.05) is 38.5 Å². The molecule has 2 aromatic heterocycles. The Labute approximate surface area is 188 Å². The summed E-state index contributed by atoms with van der Waals surface area (Å²) < 4.78 is 2.20. The zero-order valence-electron chi connectivity index (χ0n) is 18.9. The fourth-order valence-corrected chi connectivity index (χ4v) is 4.22. The molecular formula is C24H32N6O2. The minimum absolute atomic E-state index is 0.132. The first kappa shape index (κ1) is 22.0. The van der Waals surface area contributed by atoms with Crippen LogP contribution in [0.15, 0.2) is 30.5 Å². The van der Waals surface area contributed by atoms with E-state index in [-0.39, 0.29) is 17.7 Å². The summed E-state index contributed by atoms with van der Waals surface area (Å²) >= 11 is 0. The van der Waals surface area contributed by atoms with Crippen molar-refractivity contribution in [2.45, 2.75) is 65.0 Å². The molecule has 1 atom stereocenters. The van der Waals surface area contributed by atoms with Crippen molar-refractivity contribution in [1.82, 2.24) is 30.4 Å². The molecule has 0 saturated carbocycles. The normalized spacial score (nSPS) is 14.7. The molecule has 3 N–H and O–H groups in total. The number of nitrogens with zero attached hydrogens (tertiary/aromatic N) is 3. The van der Waals surface area contributed by atoms with Crippen LogP contribution in [0.4, 0.5) is 0 Å². The number of carbonyl (C=O) groups excluding carboxylic acids is 2. The highest BCUT2D eigenvalue weighted by Gasteiger charge is 2.24. The SMILES string of the molecule is CC(C)C(=O)NC(Cc1c[nH]c2ccccc12)C(=O)NCCc1nnc2n1CCCCC2. The Bertz CT molecular complexity index is 1080. The molecule has 1 aliphatic heterocycles. The Balaban J connectivity index is 1.42. The van der Waals surface area contributed by atoms with Crippen LogP contribution in [0.3, 0.4) is 0 Å². The first-order valence-electron chi connectivity index (χ1n) is 11.6. The summed E-state index contributed by atoms with van der Waals surface area (Å²) in [7, 11) is 0. The van der Waals surface area contributed by atoms with Gasteiger partial charge in [0.15, 0.2) is 0 Å². The first-order valence-corrected chi connectivity index (χ1v) is 11.6. The summed E-state index contributed by atoms with van der Waals surface area (Å²) in [6.07, 6.45) is 7.43. The molecule has 8 heteroatoms. The fourth-order valence-electron chi connectivity index (χ4n) is 4.22. The molecule has 1 unspecified atom stereocenters. The van der Waals surface area contributed by atoms with E-state index in [4.69, 9.17) is 0 Å². The van der Waals surface area contributed by atoms with Gasteiger partial charge < -0.3 is 20.2 Å². The molecule has 1 aliphatic rings. The second-order valence-corrected chi connectivity index (χ2v) is 8.82. The van der Waals surface area contributed by atoms with E-state index >= 15 is 0 Å². The average Bonchev–Trinajstić information content (AvgIpc) is 3.28. The van der Waals surface area contributed by atoms with Gasteiger partial charge in [-0.2, -0.15) is 0 Å². The smallest absolute Gasteiger partial charge is 0.242 e. The molecule has 0 radical (unpaired) electrons. The molecule has 170 valence electrons. The third-order valence-electron chi connectivity index (χ3n) is 6.09. The van der Waals surface area contributed by atoms with Gasteiger partial charge in [-0.3, -0.25) is 9.59 Å². The third kappa shape index (κ3) is 5.00. The van der Waals surface area contributed by atoms with Crippen molar-refractivity contribution >= 4 is 22.7 Å². The van der Waals surface area contributed by atoms with Gasteiger partial charge in [0.05, 0.1) is 0 Å². The highest BCUT2D eigenvalue weighted by molar-refractivity contribution is 5.90. The van der Waals surface area contributed by atoms with Crippen LogP contribution in [0.1, 0.15) is 50.3 Å². The number of rotatable bonds is 8. The fraction of sp³-hybridized carbons (Fsp3) is 0.500. The predicted octanol–water partition coefficient (Wildman–Crippen LogP) is 2.53. The molecule has 32 heavy (non-hydrogen) atoms. The average molecular weight is 437 g/mol. The number of amides is 2. The Morgan fingerprint density at radius 2 is 1.97 bits per heavy atom. The van der Waals surface area contributed by atoms with Gasteiger partial charge in [-0.05, 0) is 24.5 Å². The molecule has 3 heterocycles. The van der Waals surface area contributed by atoms with E-state index in [2.05, 4.69) is 30.4 Å². The van der Waals surface area contributed by atoms with Crippen molar-refractivity contribution in [2.75, 3.05) is 6.54 Å². The molecule has 0 saturated heterocycles. The lowest BCUT2D eigenvalue weighted by atomic mass is 10.0. The van der Waals surface area contributed by atoms with Gasteiger partial charge in [0.25, 0.3) is 0 Å². The van der Waals surface area contributed by atoms with Crippen LogP contribution in [-0.2, 0) is 35.4 Å². The zero-order chi connectivity index (χ0) is 22.5. The van der Waals surface area contributed by atoms with Crippen LogP contribution < -0.4 is 10.6 Å². The molecule has 8 nitrogen and oxygen atoms in total. The predicted molar refractivity (Wildman–Crippen MR) is 123 cm³/mol. The van der Waals surface area contributed by atoms with Crippen LogP contribution in [0, 0.1) is 5.92 Å². The summed E-state index contributed by atoms with van der Waals surface area (Å²) in [6.45, 7) is 5.05. The van der Waals surface area contributed by atoms with Crippen LogP contribution in [0.5, 0.6) is 0 Å². The maximum atomic E-state index is 13.1. The summed E-state index contributed by atoms with van der Waals surface area (Å²) in [5.74, 6) is 1.46. The Morgan fingerprint density at radius 1 is 1.12 bits per heavy atom. The number of H-pyrrole nitrogens is 1. The van der Waals surface area contributed by atoms with Crippen molar-refractivity contribution < 1.29 is 9.59 Å². The van der Waals surface area contributed by atoms with E-state index in [1.807, 2.05) is 44.3 Å². The number of hydrogen-bond acceptors (Lipinski definition) is 4. The number of carbonyl (C=O) groups is 2. The summed E-state index contributed by atoms with van der Waals surface area (Å²) in [6, 6.07) is 7.33. The summed E-state index contributed by atoms with van der Waals surface area (Å²) in [5, 5.41) is 15.7. The molecule has 1 aromatic carbocycles. The number of benzene rings is 1. The van der Waals surface area contributed by atoms with Crippen molar-refractivity contribution in [2.24, 2.45) is 5.92 Å². The lowest BCUT2D eigenvalue weighted by Crippen LogP contribution is -2.49. The zero-order valence-corrected chi connectivity index (χ0v) is 18.9. The van der Waals surface area contributed by atoms with E-state index < -0.39 is 6.04 Å². The topological polar surface area (TPSA) is 105 Å². The largest absolute Gasteiger partial charge is 0.361 e. The van der Waals surface area contributed by atoms with Crippen LogP contribution >= 0.6 is 0 Å². The minimum Gasteiger partial charge on any atom is -0.361 e. The van der Waals surface area contributed by atoms with Crippen LogP contribution in [0.25, 0.3) is 10.9 Å². The number of fused-ring (bicyclic) bond motifs is 2. The van der Waals surface area contributed by atoms with Gasteiger partial charge in [-0.15, -0.1) is 10.2 Å². The van der Waals surface area contributed by atoms with Gasteiger partial charge in [0.2, 0.25) is 11.8 Å². The lowest BCUT2D eigenvalue weighted by Gasteiger charge is -2.19. The van der Waals surface area contributed by atoms with Crippen LogP contribution in [-0.4, -0.2) is 44.1 Å². The molecule has 2 amide bonds. The highest BCUT2D eigenvalue weighted by atomic mass is 16.2. The lowest BCUT2D eigenvalue weighted by molar-refractivity contribution is -0.130. The Hall–Kier alpha value is -3.16. The maximum absolute atomic E-state index is 13.1. The monoisotopic (exact) mass is 436 g/mol. The molecule has 3 aromatic rings. The second kappa shape index (κ2) is 9.97. The van der Waals surface area contributed by atoms with Crippen molar-refractivity contribution in [3.63, 3.8) is 0 Å². The number of hydrogen-bond donors (Lipinski definition) is 3. The Kier molecular flexibility index (Phi) is 6.87. The molecule has 0 fully saturated rings. The summed E-state index contributed by atoms with van der Waals surface area (Å²) in [5.41, 5.74) is 2.02. The van der Waals surface area contributed by atoms with E-state index in [0.29, 0.717) is 19.4 Å². The molecule has 0 aliphatic carbocycles. The van der Waals surface area contributed by atoms with Gasteiger partial charge in [0.1, 0.15) is 17.7 Å². The number of para-hydroxylation sites is 1. The maximum Gasteiger partial charge on any atom is 0.242 e.